The number of hydrogen-bond donors (Lipinski definition) is 2. The first-order chi connectivity index (χ1) is 18.7. The van der Waals surface area contributed by atoms with Gasteiger partial charge in [-0.05, 0) is 79.7 Å². The summed E-state index contributed by atoms with van der Waals surface area (Å²) in [6.45, 7) is 1.78. The molecule has 0 aromatic heterocycles. The average molecular weight is 566 g/mol. The van der Waals surface area contributed by atoms with E-state index in [0.717, 1.165) is 4.31 Å². The van der Waals surface area contributed by atoms with E-state index in [2.05, 4.69) is 10.0 Å². The fourth-order valence-electron chi connectivity index (χ4n) is 3.68. The summed E-state index contributed by atoms with van der Waals surface area (Å²) in [6, 6.07) is 28.3. The zero-order chi connectivity index (χ0) is 27.9. The maximum atomic E-state index is 13.5. The van der Waals surface area contributed by atoms with Crippen LogP contribution in [0.3, 0.4) is 0 Å². The number of carbonyl (C=O) groups is 1. The highest BCUT2D eigenvalue weighted by atomic mass is 32.2. The number of amides is 1. The number of nitrogens with zero attached hydrogens (tertiary/aromatic N) is 1. The predicted molar refractivity (Wildman–Crippen MR) is 151 cm³/mol. The van der Waals surface area contributed by atoms with Gasteiger partial charge in [0.1, 0.15) is 12.3 Å². The first-order valence-corrected chi connectivity index (χ1v) is 14.9. The molecule has 4 rings (SSSR count). The summed E-state index contributed by atoms with van der Waals surface area (Å²) in [6.07, 6.45) is 0. The largest absolute Gasteiger partial charge is 0.494 e. The van der Waals surface area contributed by atoms with E-state index < -0.39 is 32.5 Å². The highest BCUT2D eigenvalue weighted by molar-refractivity contribution is 7.93. The zero-order valence-corrected chi connectivity index (χ0v) is 22.7. The minimum atomic E-state index is -4.08. The number of ether oxygens (including phenoxy) is 1. The number of rotatable bonds is 11. The molecular formula is C28H27N3O6S2. The van der Waals surface area contributed by atoms with Gasteiger partial charge in [-0.3, -0.25) is 13.8 Å². The van der Waals surface area contributed by atoms with E-state index in [0.29, 0.717) is 23.7 Å². The van der Waals surface area contributed by atoms with E-state index in [-0.39, 0.29) is 15.5 Å². The fourth-order valence-corrected chi connectivity index (χ4v) is 6.18. The minimum absolute atomic E-state index is 0.00650. The molecule has 0 aliphatic carbocycles. The van der Waals surface area contributed by atoms with Crippen molar-refractivity contribution in [3.63, 3.8) is 0 Å². The standard InChI is InChI=1S/C28H27N3O6S2/c1-2-37-25-17-15-24(16-18-25)31(39(35,36)27-11-7-4-8-12-27)21-28(32)29-22-13-19-26(20-14-22)38(33,34)30-23-9-5-3-6-10-23/h3-20,30H,2,21H2,1H3,(H,29,32). The van der Waals surface area contributed by atoms with Gasteiger partial charge in [-0.15, -0.1) is 0 Å². The molecule has 0 radical (unpaired) electrons. The summed E-state index contributed by atoms with van der Waals surface area (Å²) < 4.78 is 61.2. The predicted octanol–water partition coefficient (Wildman–Crippen LogP) is 4.72. The summed E-state index contributed by atoms with van der Waals surface area (Å²) >= 11 is 0. The lowest BCUT2D eigenvalue weighted by molar-refractivity contribution is -0.114. The van der Waals surface area contributed by atoms with Crippen LogP contribution in [0.15, 0.2) is 119 Å². The topological polar surface area (TPSA) is 122 Å². The molecule has 39 heavy (non-hydrogen) atoms. The van der Waals surface area contributed by atoms with Crippen molar-refractivity contribution in [3.05, 3.63) is 109 Å². The van der Waals surface area contributed by atoms with Gasteiger partial charge in [0.15, 0.2) is 0 Å². The van der Waals surface area contributed by atoms with Gasteiger partial charge in [-0.2, -0.15) is 0 Å². The second kappa shape index (κ2) is 12.0. The quantitative estimate of drug-likeness (QED) is 0.271. The number of benzene rings is 4. The molecule has 0 aliphatic heterocycles. The molecule has 9 nitrogen and oxygen atoms in total. The van der Waals surface area contributed by atoms with Crippen LogP contribution >= 0.6 is 0 Å². The molecule has 4 aromatic rings. The summed E-state index contributed by atoms with van der Waals surface area (Å²) in [7, 11) is -7.91. The van der Waals surface area contributed by atoms with E-state index in [1.165, 1.54) is 36.4 Å². The molecular weight excluding hydrogens is 538 g/mol. The lowest BCUT2D eigenvalue weighted by Gasteiger charge is -2.24. The monoisotopic (exact) mass is 565 g/mol. The van der Waals surface area contributed by atoms with Crippen LogP contribution in [0.2, 0.25) is 0 Å². The Morgan fingerprint density at radius 2 is 1.31 bits per heavy atom. The molecule has 0 aliphatic rings. The number of para-hydroxylation sites is 1. The van der Waals surface area contributed by atoms with Crippen LogP contribution in [0.1, 0.15) is 6.92 Å². The van der Waals surface area contributed by atoms with Crippen LogP contribution in [0.4, 0.5) is 17.1 Å². The van der Waals surface area contributed by atoms with Gasteiger partial charge in [-0.1, -0.05) is 36.4 Å². The molecule has 0 atom stereocenters. The first kappa shape index (κ1) is 27.7. The summed E-state index contributed by atoms with van der Waals surface area (Å²) in [5.41, 5.74) is 1.01. The lowest BCUT2D eigenvalue weighted by Crippen LogP contribution is -2.38. The van der Waals surface area contributed by atoms with Gasteiger partial charge in [0.05, 0.1) is 22.1 Å². The second-order valence-corrected chi connectivity index (χ2v) is 11.8. The van der Waals surface area contributed by atoms with E-state index >= 15 is 0 Å². The third kappa shape index (κ3) is 6.95. The van der Waals surface area contributed by atoms with E-state index in [1.54, 1.807) is 72.8 Å². The third-order valence-electron chi connectivity index (χ3n) is 5.53. The number of hydrogen-bond acceptors (Lipinski definition) is 6. The Hall–Kier alpha value is -4.35. The summed E-state index contributed by atoms with van der Waals surface area (Å²) in [5.74, 6) is -0.0408. The van der Waals surface area contributed by atoms with Crippen LogP contribution in [-0.2, 0) is 24.8 Å². The zero-order valence-electron chi connectivity index (χ0n) is 21.0. The van der Waals surface area contributed by atoms with Crippen LogP contribution < -0.4 is 19.1 Å². The van der Waals surface area contributed by atoms with E-state index in [9.17, 15) is 21.6 Å². The van der Waals surface area contributed by atoms with E-state index in [1.807, 2.05) is 6.92 Å². The Labute approximate surface area is 228 Å². The van der Waals surface area contributed by atoms with E-state index in [4.69, 9.17) is 4.74 Å². The van der Waals surface area contributed by atoms with Crippen molar-refractivity contribution < 1.29 is 26.4 Å². The minimum Gasteiger partial charge on any atom is -0.494 e. The first-order valence-electron chi connectivity index (χ1n) is 12.0. The fraction of sp³-hybridized carbons (Fsp3) is 0.107. The van der Waals surface area contributed by atoms with Crippen molar-refractivity contribution >= 4 is 43.0 Å². The molecule has 0 fully saturated rings. The molecule has 4 aromatic carbocycles. The molecule has 0 bridgehead atoms. The number of nitrogens with one attached hydrogen (secondary N) is 2. The van der Waals surface area contributed by atoms with Crippen molar-refractivity contribution in [1.29, 1.82) is 0 Å². The maximum absolute atomic E-state index is 13.5. The molecule has 1 amide bonds. The Morgan fingerprint density at radius 1 is 0.718 bits per heavy atom. The van der Waals surface area contributed by atoms with Gasteiger partial charge >= 0.3 is 0 Å². The van der Waals surface area contributed by atoms with Gasteiger partial charge in [0, 0.05) is 11.4 Å². The SMILES string of the molecule is CCOc1ccc(N(CC(=O)Nc2ccc(S(=O)(=O)Nc3ccccc3)cc2)S(=O)(=O)c2ccccc2)cc1. The highest BCUT2D eigenvalue weighted by Crippen LogP contribution is 2.26. The summed E-state index contributed by atoms with van der Waals surface area (Å²) in [4.78, 5) is 13.0. The van der Waals surface area contributed by atoms with Gasteiger partial charge in [-0.25, -0.2) is 16.8 Å². The lowest BCUT2D eigenvalue weighted by atomic mass is 10.3. The molecule has 2 N–H and O–H groups in total. The van der Waals surface area contributed by atoms with Crippen molar-refractivity contribution in [2.75, 3.05) is 27.5 Å². The van der Waals surface area contributed by atoms with Crippen LogP contribution in [0, 0.1) is 0 Å². The van der Waals surface area contributed by atoms with Crippen LogP contribution in [0.25, 0.3) is 0 Å². The van der Waals surface area contributed by atoms with Crippen molar-refractivity contribution in [3.8, 4) is 5.75 Å². The molecule has 0 saturated heterocycles. The maximum Gasteiger partial charge on any atom is 0.264 e. The Kier molecular flexibility index (Phi) is 8.52. The number of anilines is 3. The van der Waals surface area contributed by atoms with Gasteiger partial charge in [0.25, 0.3) is 20.0 Å². The van der Waals surface area contributed by atoms with Crippen LogP contribution in [0.5, 0.6) is 5.75 Å². The van der Waals surface area contributed by atoms with Gasteiger partial charge in [0.2, 0.25) is 5.91 Å². The highest BCUT2D eigenvalue weighted by Gasteiger charge is 2.27. The Balaban J connectivity index is 1.53. The molecule has 0 unspecified atom stereocenters. The molecule has 11 heteroatoms. The third-order valence-corrected chi connectivity index (χ3v) is 8.71. The second-order valence-electron chi connectivity index (χ2n) is 8.30. The van der Waals surface area contributed by atoms with Crippen molar-refractivity contribution in [2.45, 2.75) is 16.7 Å². The smallest absolute Gasteiger partial charge is 0.264 e. The van der Waals surface area contributed by atoms with Crippen LogP contribution in [-0.4, -0.2) is 35.9 Å². The van der Waals surface area contributed by atoms with Gasteiger partial charge < -0.3 is 10.1 Å². The van der Waals surface area contributed by atoms with Crippen molar-refractivity contribution in [2.24, 2.45) is 0 Å². The normalized spacial score (nSPS) is 11.4. The Bertz CT molecular complexity index is 1610. The van der Waals surface area contributed by atoms with Crippen molar-refractivity contribution in [1.82, 2.24) is 0 Å². The Morgan fingerprint density at radius 3 is 1.90 bits per heavy atom. The summed E-state index contributed by atoms with van der Waals surface area (Å²) in [5, 5.41) is 2.64. The molecule has 202 valence electrons. The average Bonchev–Trinajstić information content (AvgIpc) is 2.93. The number of carbonyl (C=O) groups excluding carboxylic acids is 1. The molecule has 0 spiro atoms. The molecule has 0 heterocycles. The molecule has 0 saturated carbocycles. The number of sulfonamides is 2.